The van der Waals surface area contributed by atoms with Crippen molar-refractivity contribution in [2.45, 2.75) is 57.4 Å². The maximum absolute atomic E-state index is 12.3. The smallest absolute Gasteiger partial charge is 0.223 e. The standard InChI is InChI=1S/C15H25NO2S/c1-19-11-9-15(18)16-10-5-4-7-13(16)12-6-2-3-8-14(12)17/h12-13H,2-11H2,1H3. The molecule has 3 nitrogen and oxygen atoms in total. The molecule has 0 spiro atoms. The van der Waals surface area contributed by atoms with Gasteiger partial charge in [0.1, 0.15) is 5.78 Å². The Morgan fingerprint density at radius 1 is 1.26 bits per heavy atom. The minimum absolute atomic E-state index is 0.132. The van der Waals surface area contributed by atoms with Crippen molar-refractivity contribution in [2.75, 3.05) is 18.6 Å². The third-order valence-corrected chi connectivity index (χ3v) is 5.07. The summed E-state index contributed by atoms with van der Waals surface area (Å²) in [6, 6.07) is 0.205. The van der Waals surface area contributed by atoms with E-state index in [9.17, 15) is 9.59 Å². The fourth-order valence-corrected chi connectivity index (χ4v) is 3.81. The van der Waals surface area contributed by atoms with Crippen molar-refractivity contribution < 1.29 is 9.59 Å². The van der Waals surface area contributed by atoms with Crippen LogP contribution in [0.15, 0.2) is 0 Å². The fourth-order valence-electron chi connectivity index (χ4n) is 3.44. The molecule has 1 heterocycles. The van der Waals surface area contributed by atoms with E-state index in [-0.39, 0.29) is 17.9 Å². The number of piperidine rings is 1. The van der Waals surface area contributed by atoms with E-state index >= 15 is 0 Å². The van der Waals surface area contributed by atoms with E-state index in [1.165, 1.54) is 6.42 Å². The number of hydrogen-bond donors (Lipinski definition) is 0. The molecule has 1 saturated carbocycles. The summed E-state index contributed by atoms with van der Waals surface area (Å²) in [5, 5.41) is 0. The Hall–Kier alpha value is -0.510. The predicted molar refractivity (Wildman–Crippen MR) is 79.3 cm³/mol. The van der Waals surface area contributed by atoms with E-state index in [1.807, 2.05) is 11.2 Å². The highest BCUT2D eigenvalue weighted by Crippen LogP contribution is 2.32. The highest BCUT2D eigenvalue weighted by Gasteiger charge is 2.37. The van der Waals surface area contributed by atoms with Crippen LogP contribution in [0.4, 0.5) is 0 Å². The predicted octanol–water partition coefficient (Wildman–Crippen LogP) is 2.88. The number of Topliss-reactive ketones (excluding diaryl/α,β-unsaturated/α-hetero) is 1. The maximum Gasteiger partial charge on any atom is 0.223 e. The number of carbonyl (C=O) groups is 2. The van der Waals surface area contributed by atoms with Crippen LogP contribution in [0.1, 0.15) is 51.4 Å². The molecule has 0 bridgehead atoms. The summed E-state index contributed by atoms with van der Waals surface area (Å²) in [4.78, 5) is 26.5. The minimum Gasteiger partial charge on any atom is -0.339 e. The topological polar surface area (TPSA) is 37.4 Å². The number of ketones is 1. The lowest BCUT2D eigenvalue weighted by molar-refractivity contribution is -0.139. The van der Waals surface area contributed by atoms with Gasteiger partial charge in [0.25, 0.3) is 0 Å². The first kappa shape index (κ1) is 14.9. The van der Waals surface area contributed by atoms with E-state index in [4.69, 9.17) is 0 Å². The number of hydrogen-bond acceptors (Lipinski definition) is 3. The normalized spacial score (nSPS) is 28.5. The van der Waals surface area contributed by atoms with Gasteiger partial charge in [-0.3, -0.25) is 9.59 Å². The zero-order valence-corrected chi connectivity index (χ0v) is 12.7. The molecule has 4 heteroatoms. The Morgan fingerprint density at radius 2 is 2.05 bits per heavy atom. The van der Waals surface area contributed by atoms with Crippen LogP contribution < -0.4 is 0 Å². The zero-order valence-electron chi connectivity index (χ0n) is 11.9. The van der Waals surface area contributed by atoms with Gasteiger partial charge in [-0.05, 0) is 38.4 Å². The summed E-state index contributed by atoms with van der Waals surface area (Å²) in [5.74, 6) is 1.69. The van der Waals surface area contributed by atoms with Crippen LogP contribution in [0.5, 0.6) is 0 Å². The van der Waals surface area contributed by atoms with E-state index in [0.29, 0.717) is 12.2 Å². The van der Waals surface area contributed by atoms with Crippen molar-refractivity contribution in [3.8, 4) is 0 Å². The van der Waals surface area contributed by atoms with Crippen LogP contribution in [0.25, 0.3) is 0 Å². The number of thioether (sulfide) groups is 1. The maximum atomic E-state index is 12.3. The van der Waals surface area contributed by atoms with E-state index < -0.39 is 0 Å². The van der Waals surface area contributed by atoms with Gasteiger partial charge >= 0.3 is 0 Å². The summed E-state index contributed by atoms with van der Waals surface area (Å²) in [6.07, 6.45) is 9.88. The Balaban J connectivity index is 2.02. The molecule has 19 heavy (non-hydrogen) atoms. The summed E-state index contributed by atoms with van der Waals surface area (Å²) in [7, 11) is 0. The van der Waals surface area contributed by atoms with Crippen molar-refractivity contribution in [1.82, 2.24) is 4.90 Å². The Kier molecular flexibility index (Phi) is 5.74. The second-order valence-corrected chi connectivity index (χ2v) is 6.70. The number of rotatable bonds is 4. The molecule has 1 aliphatic heterocycles. The fraction of sp³-hybridized carbons (Fsp3) is 0.867. The molecule has 2 unspecified atom stereocenters. The van der Waals surface area contributed by atoms with Crippen LogP contribution >= 0.6 is 11.8 Å². The molecule has 1 aliphatic carbocycles. The summed E-state index contributed by atoms with van der Waals surface area (Å²) < 4.78 is 0. The average Bonchev–Trinajstić information content (AvgIpc) is 2.45. The van der Waals surface area contributed by atoms with Gasteiger partial charge in [0.2, 0.25) is 5.91 Å². The van der Waals surface area contributed by atoms with E-state index in [2.05, 4.69) is 0 Å². The van der Waals surface area contributed by atoms with Crippen LogP contribution in [0.2, 0.25) is 0 Å². The number of amides is 1. The van der Waals surface area contributed by atoms with E-state index in [0.717, 1.165) is 50.8 Å². The Labute approximate surface area is 120 Å². The van der Waals surface area contributed by atoms with Crippen molar-refractivity contribution in [3.05, 3.63) is 0 Å². The molecule has 0 aromatic rings. The van der Waals surface area contributed by atoms with Gasteiger partial charge in [-0.1, -0.05) is 6.42 Å². The first-order valence-corrected chi connectivity index (χ1v) is 8.94. The third-order valence-electron chi connectivity index (χ3n) is 4.46. The molecule has 2 aliphatic rings. The average molecular weight is 283 g/mol. The van der Waals surface area contributed by atoms with Gasteiger partial charge in [-0.25, -0.2) is 0 Å². The third kappa shape index (κ3) is 3.74. The molecule has 0 radical (unpaired) electrons. The van der Waals surface area contributed by atoms with Gasteiger partial charge in [-0.15, -0.1) is 0 Å². The molecule has 0 aromatic carbocycles. The summed E-state index contributed by atoms with van der Waals surface area (Å²) >= 11 is 1.72. The molecule has 1 saturated heterocycles. The second-order valence-electron chi connectivity index (χ2n) is 5.71. The largest absolute Gasteiger partial charge is 0.339 e. The molecule has 2 rings (SSSR count). The molecule has 0 aromatic heterocycles. The van der Waals surface area contributed by atoms with Gasteiger partial charge in [0.05, 0.1) is 0 Å². The zero-order chi connectivity index (χ0) is 13.7. The molecular weight excluding hydrogens is 258 g/mol. The molecular formula is C15H25NO2S. The lowest BCUT2D eigenvalue weighted by Gasteiger charge is -2.41. The quantitative estimate of drug-likeness (QED) is 0.796. The summed E-state index contributed by atoms with van der Waals surface area (Å²) in [6.45, 7) is 0.863. The van der Waals surface area contributed by atoms with E-state index in [1.54, 1.807) is 11.8 Å². The monoisotopic (exact) mass is 283 g/mol. The Bertz CT molecular complexity index is 332. The molecule has 2 atom stereocenters. The first-order valence-electron chi connectivity index (χ1n) is 7.55. The SMILES string of the molecule is CSCCC(=O)N1CCCCC1C1CCCCC1=O. The van der Waals surface area contributed by atoms with Crippen LogP contribution in [0, 0.1) is 5.92 Å². The number of nitrogens with zero attached hydrogens (tertiary/aromatic N) is 1. The van der Waals surface area contributed by atoms with Crippen molar-refractivity contribution in [1.29, 1.82) is 0 Å². The highest BCUT2D eigenvalue weighted by molar-refractivity contribution is 7.98. The lowest BCUT2D eigenvalue weighted by atomic mass is 9.79. The number of carbonyl (C=O) groups excluding carboxylic acids is 2. The minimum atomic E-state index is 0.132. The molecule has 108 valence electrons. The van der Waals surface area contributed by atoms with Crippen LogP contribution in [-0.2, 0) is 9.59 Å². The summed E-state index contributed by atoms with van der Waals surface area (Å²) in [5.41, 5.74) is 0. The van der Waals surface area contributed by atoms with Gasteiger partial charge in [-0.2, -0.15) is 11.8 Å². The molecule has 0 N–H and O–H groups in total. The van der Waals surface area contributed by atoms with Crippen molar-refractivity contribution in [2.24, 2.45) is 5.92 Å². The van der Waals surface area contributed by atoms with Gasteiger partial charge in [0.15, 0.2) is 0 Å². The van der Waals surface area contributed by atoms with Gasteiger partial charge < -0.3 is 4.90 Å². The highest BCUT2D eigenvalue weighted by atomic mass is 32.2. The lowest BCUT2D eigenvalue weighted by Crippen LogP contribution is -2.50. The first-order chi connectivity index (χ1) is 9.24. The van der Waals surface area contributed by atoms with Gasteiger partial charge in [0, 0.05) is 37.1 Å². The molecule has 2 fully saturated rings. The van der Waals surface area contributed by atoms with Crippen molar-refractivity contribution in [3.63, 3.8) is 0 Å². The Morgan fingerprint density at radius 3 is 2.79 bits per heavy atom. The van der Waals surface area contributed by atoms with Crippen LogP contribution in [-0.4, -0.2) is 41.2 Å². The van der Waals surface area contributed by atoms with Crippen molar-refractivity contribution >= 4 is 23.5 Å². The number of likely N-dealkylation sites (tertiary alicyclic amines) is 1. The second kappa shape index (κ2) is 7.32. The molecule has 1 amide bonds. The van der Waals surface area contributed by atoms with Crippen LogP contribution in [0.3, 0.4) is 0 Å².